The number of carbonyl (C=O) groups is 1. The highest BCUT2D eigenvalue weighted by atomic mass is 32.2. The molecule has 0 unspecified atom stereocenters. The van der Waals surface area contributed by atoms with E-state index in [9.17, 15) is 19.3 Å². The third-order valence-corrected chi connectivity index (χ3v) is 6.83. The van der Waals surface area contributed by atoms with Gasteiger partial charge in [0, 0.05) is 29.1 Å². The molecule has 1 aliphatic rings. The van der Waals surface area contributed by atoms with Gasteiger partial charge in [0.05, 0.1) is 21.9 Å². The molecule has 1 N–H and O–H groups in total. The van der Waals surface area contributed by atoms with Crippen molar-refractivity contribution >= 4 is 39.8 Å². The molecule has 0 aliphatic heterocycles. The number of thiazole rings is 1. The van der Waals surface area contributed by atoms with E-state index < -0.39 is 4.92 Å². The summed E-state index contributed by atoms with van der Waals surface area (Å²) in [6.07, 6.45) is 1.91. The maximum Gasteiger partial charge on any atom is 0.270 e. The Morgan fingerprint density at radius 1 is 1.24 bits per heavy atom. The summed E-state index contributed by atoms with van der Waals surface area (Å²) in [6, 6.07) is 12.8. The number of thioether (sulfide) groups is 1. The number of anilines is 1. The summed E-state index contributed by atoms with van der Waals surface area (Å²) in [7, 11) is 0. The lowest BCUT2D eigenvalue weighted by molar-refractivity contribution is -0.384. The molecule has 2 heterocycles. The van der Waals surface area contributed by atoms with Crippen LogP contribution in [-0.2, 0) is 4.79 Å². The van der Waals surface area contributed by atoms with Crippen LogP contribution in [0.15, 0.2) is 59.1 Å². The Kier molecular flexibility index (Phi) is 6.07. The average Bonchev–Trinajstić information content (AvgIpc) is 3.41. The molecule has 5 rings (SSSR count). The Bertz CT molecular complexity index is 1380. The molecular weight excluding hydrogens is 479 g/mol. The van der Waals surface area contributed by atoms with E-state index >= 15 is 0 Å². The molecule has 0 bridgehead atoms. The molecule has 12 heteroatoms. The second-order valence-corrected chi connectivity index (χ2v) is 9.37. The molecule has 4 aromatic rings. The van der Waals surface area contributed by atoms with Crippen molar-refractivity contribution in [2.24, 2.45) is 0 Å². The van der Waals surface area contributed by atoms with E-state index in [2.05, 4.69) is 20.5 Å². The normalized spacial score (nSPS) is 13.1. The molecule has 2 aromatic heterocycles. The van der Waals surface area contributed by atoms with E-state index in [0.717, 1.165) is 12.8 Å². The van der Waals surface area contributed by atoms with Crippen LogP contribution in [0.3, 0.4) is 0 Å². The summed E-state index contributed by atoms with van der Waals surface area (Å²) < 4.78 is 16.2. The number of nitrogens with zero attached hydrogens (tertiary/aromatic N) is 5. The second kappa shape index (κ2) is 9.31. The number of nitro groups is 1. The standard InChI is InChI=1S/C22H17FN6O3S2/c23-17-7-2-1-6-16(17)20-26-27-22(28(20)14-8-9-14)34-12-19(30)25-21-24-18(11-33-21)13-4-3-5-15(10-13)29(31)32/h1-7,10-11,14H,8-9,12H2,(H,24,25,30). The van der Waals surface area contributed by atoms with E-state index in [1.807, 2.05) is 4.57 Å². The van der Waals surface area contributed by atoms with E-state index in [1.54, 1.807) is 35.7 Å². The quantitative estimate of drug-likeness (QED) is 0.203. The number of halogens is 1. The summed E-state index contributed by atoms with van der Waals surface area (Å²) in [4.78, 5) is 27.4. The zero-order chi connectivity index (χ0) is 23.7. The minimum atomic E-state index is -0.465. The van der Waals surface area contributed by atoms with Crippen LogP contribution in [0.1, 0.15) is 18.9 Å². The molecule has 1 aliphatic carbocycles. The van der Waals surface area contributed by atoms with Gasteiger partial charge in [0.2, 0.25) is 5.91 Å². The van der Waals surface area contributed by atoms with Crippen molar-refractivity contribution in [2.75, 3.05) is 11.1 Å². The highest BCUT2D eigenvalue weighted by molar-refractivity contribution is 7.99. The summed E-state index contributed by atoms with van der Waals surface area (Å²) in [5.41, 5.74) is 1.50. The third kappa shape index (κ3) is 4.68. The molecular formula is C22H17FN6O3S2. The van der Waals surface area contributed by atoms with Gasteiger partial charge in [0.1, 0.15) is 5.82 Å². The topological polar surface area (TPSA) is 116 Å². The number of aromatic nitrogens is 4. The Balaban J connectivity index is 1.26. The van der Waals surface area contributed by atoms with Gasteiger partial charge in [-0.15, -0.1) is 21.5 Å². The number of nitrogens with one attached hydrogen (secondary N) is 1. The summed E-state index contributed by atoms with van der Waals surface area (Å²) in [5, 5.41) is 24.8. The van der Waals surface area contributed by atoms with Gasteiger partial charge in [0.15, 0.2) is 16.1 Å². The van der Waals surface area contributed by atoms with Gasteiger partial charge in [-0.05, 0) is 25.0 Å². The lowest BCUT2D eigenvalue weighted by Crippen LogP contribution is -2.14. The van der Waals surface area contributed by atoms with Crippen molar-refractivity contribution in [2.45, 2.75) is 24.0 Å². The number of rotatable bonds is 8. The van der Waals surface area contributed by atoms with Crippen molar-refractivity contribution in [1.29, 1.82) is 0 Å². The maximum atomic E-state index is 14.3. The first-order chi connectivity index (χ1) is 16.5. The van der Waals surface area contributed by atoms with Gasteiger partial charge in [0.25, 0.3) is 5.69 Å². The Morgan fingerprint density at radius 2 is 2.06 bits per heavy atom. The highest BCUT2D eigenvalue weighted by Gasteiger charge is 2.31. The predicted octanol–water partition coefficient (Wildman–Crippen LogP) is 5.18. The lowest BCUT2D eigenvalue weighted by atomic mass is 10.1. The Hall–Kier alpha value is -3.64. The zero-order valence-electron chi connectivity index (χ0n) is 17.6. The van der Waals surface area contributed by atoms with Gasteiger partial charge >= 0.3 is 0 Å². The van der Waals surface area contributed by atoms with Crippen LogP contribution in [0, 0.1) is 15.9 Å². The molecule has 0 radical (unpaired) electrons. The molecule has 9 nitrogen and oxygen atoms in total. The zero-order valence-corrected chi connectivity index (χ0v) is 19.2. The first-order valence-corrected chi connectivity index (χ1v) is 12.2. The molecule has 34 heavy (non-hydrogen) atoms. The highest BCUT2D eigenvalue weighted by Crippen LogP contribution is 2.41. The molecule has 172 valence electrons. The first kappa shape index (κ1) is 22.2. The Morgan fingerprint density at radius 3 is 2.82 bits per heavy atom. The largest absolute Gasteiger partial charge is 0.301 e. The number of nitro benzene ring substituents is 1. The first-order valence-electron chi connectivity index (χ1n) is 10.3. The lowest BCUT2D eigenvalue weighted by Gasteiger charge is -2.09. The molecule has 0 atom stereocenters. The number of hydrogen-bond acceptors (Lipinski definition) is 8. The number of carbonyl (C=O) groups excluding carboxylic acids is 1. The minimum absolute atomic E-state index is 0.0259. The van der Waals surface area contributed by atoms with Crippen molar-refractivity contribution in [3.8, 4) is 22.6 Å². The molecule has 1 saturated carbocycles. The van der Waals surface area contributed by atoms with Gasteiger partial charge in [-0.25, -0.2) is 9.37 Å². The van der Waals surface area contributed by atoms with Crippen molar-refractivity contribution < 1.29 is 14.1 Å². The monoisotopic (exact) mass is 496 g/mol. The van der Waals surface area contributed by atoms with Crippen LogP contribution < -0.4 is 5.32 Å². The van der Waals surface area contributed by atoms with Crippen LogP contribution in [0.5, 0.6) is 0 Å². The van der Waals surface area contributed by atoms with E-state index in [4.69, 9.17) is 0 Å². The fourth-order valence-corrected chi connectivity index (χ4v) is 4.93. The molecule has 0 spiro atoms. The van der Waals surface area contributed by atoms with Gasteiger partial charge in [-0.3, -0.25) is 19.5 Å². The summed E-state index contributed by atoms with van der Waals surface area (Å²) in [5.74, 6) is -0.101. The smallest absolute Gasteiger partial charge is 0.270 e. The van der Waals surface area contributed by atoms with Crippen LogP contribution >= 0.6 is 23.1 Å². The molecule has 2 aromatic carbocycles. The molecule has 1 fully saturated rings. The number of hydrogen-bond donors (Lipinski definition) is 1. The molecule has 0 saturated heterocycles. The van der Waals surface area contributed by atoms with Crippen molar-refractivity contribution in [1.82, 2.24) is 19.7 Å². The van der Waals surface area contributed by atoms with Gasteiger partial charge < -0.3 is 5.32 Å². The SMILES string of the molecule is O=C(CSc1nnc(-c2ccccc2F)n1C1CC1)Nc1nc(-c2cccc([N+](=O)[O-])c2)cs1. The van der Waals surface area contributed by atoms with Crippen LogP contribution in [0.25, 0.3) is 22.6 Å². The summed E-state index contributed by atoms with van der Waals surface area (Å²) in [6.45, 7) is 0. The minimum Gasteiger partial charge on any atom is -0.301 e. The maximum absolute atomic E-state index is 14.3. The number of benzene rings is 2. The predicted molar refractivity (Wildman–Crippen MR) is 127 cm³/mol. The number of amides is 1. The average molecular weight is 497 g/mol. The summed E-state index contributed by atoms with van der Waals surface area (Å²) >= 11 is 2.46. The third-order valence-electron chi connectivity index (χ3n) is 5.13. The number of non-ortho nitro benzene ring substituents is 1. The van der Waals surface area contributed by atoms with Crippen LogP contribution in [0.4, 0.5) is 15.2 Å². The van der Waals surface area contributed by atoms with E-state index in [-0.39, 0.29) is 29.2 Å². The van der Waals surface area contributed by atoms with Crippen molar-refractivity contribution in [3.05, 3.63) is 69.8 Å². The van der Waals surface area contributed by atoms with E-state index in [1.165, 1.54) is 41.3 Å². The Labute approximate surface area is 201 Å². The molecule has 1 amide bonds. The van der Waals surface area contributed by atoms with Gasteiger partial charge in [-0.2, -0.15) is 0 Å². The fraction of sp³-hybridized carbons (Fsp3) is 0.182. The van der Waals surface area contributed by atoms with Crippen LogP contribution in [0.2, 0.25) is 0 Å². The fourth-order valence-electron chi connectivity index (χ4n) is 3.39. The van der Waals surface area contributed by atoms with Crippen LogP contribution in [-0.4, -0.2) is 36.3 Å². The van der Waals surface area contributed by atoms with E-state index in [0.29, 0.717) is 32.9 Å². The second-order valence-electron chi connectivity index (χ2n) is 7.57. The van der Waals surface area contributed by atoms with Gasteiger partial charge in [-0.1, -0.05) is 36.0 Å². The van der Waals surface area contributed by atoms with Crippen molar-refractivity contribution in [3.63, 3.8) is 0 Å².